The molecule has 144 valence electrons. The molecule has 0 saturated heterocycles. The molecule has 28 heavy (non-hydrogen) atoms. The van der Waals surface area contributed by atoms with Crippen LogP contribution >= 0.6 is 23.4 Å². The number of aryl methyl sites for hydroxylation is 2. The number of aromatic nitrogens is 2. The number of thioether (sulfide) groups is 1. The molecule has 0 saturated carbocycles. The lowest BCUT2D eigenvalue weighted by molar-refractivity contribution is -0.115. The fourth-order valence-corrected chi connectivity index (χ4v) is 3.54. The average Bonchev–Trinajstić information content (AvgIpc) is 2.65. The van der Waals surface area contributed by atoms with Crippen LogP contribution in [0.4, 0.5) is 5.69 Å². The molecule has 1 aromatic heterocycles. The summed E-state index contributed by atoms with van der Waals surface area (Å²) in [5, 5.41) is 8.03. The van der Waals surface area contributed by atoms with Crippen molar-refractivity contribution in [1.82, 2.24) is 9.78 Å². The van der Waals surface area contributed by atoms with Crippen LogP contribution in [0, 0.1) is 13.8 Å². The molecule has 0 bridgehead atoms. The number of hydrogen-bond acceptors (Lipinski definition) is 4. The summed E-state index contributed by atoms with van der Waals surface area (Å²) in [7, 11) is 0. The van der Waals surface area contributed by atoms with Gasteiger partial charge in [-0.3, -0.25) is 9.59 Å². The third-order valence-corrected chi connectivity index (χ3v) is 5.56. The summed E-state index contributed by atoms with van der Waals surface area (Å²) in [5.74, 6) is -0.131. The van der Waals surface area contributed by atoms with Crippen molar-refractivity contribution in [2.45, 2.75) is 31.0 Å². The van der Waals surface area contributed by atoms with Gasteiger partial charge < -0.3 is 5.32 Å². The molecule has 1 heterocycles. The molecular formula is C21H20ClN3O2S. The highest BCUT2D eigenvalue weighted by Crippen LogP contribution is 2.23. The minimum Gasteiger partial charge on any atom is -0.325 e. The largest absolute Gasteiger partial charge is 0.325 e. The molecule has 0 unspecified atom stereocenters. The predicted octanol–water partition coefficient (Wildman–Crippen LogP) is 4.62. The Kier molecular flexibility index (Phi) is 6.21. The molecule has 2 aromatic carbocycles. The molecule has 0 spiro atoms. The number of carbonyl (C=O) groups is 1. The third kappa shape index (κ3) is 4.82. The first-order valence-corrected chi connectivity index (χ1v) is 10.0. The zero-order valence-corrected chi connectivity index (χ0v) is 17.3. The smallest absolute Gasteiger partial charge is 0.271 e. The number of nitrogens with zero attached hydrogens (tertiary/aromatic N) is 2. The first-order chi connectivity index (χ1) is 13.3. The SMILES string of the molecule is Cc1cccc(NC(=O)[C@H](C)Sc2ccc(=O)n(-c3ccc(C)c(Cl)c3)n2)c1. The van der Waals surface area contributed by atoms with Gasteiger partial charge in [0.15, 0.2) is 0 Å². The summed E-state index contributed by atoms with van der Waals surface area (Å²) >= 11 is 7.45. The first-order valence-electron chi connectivity index (χ1n) is 8.74. The maximum atomic E-state index is 12.5. The lowest BCUT2D eigenvalue weighted by atomic mass is 10.2. The maximum Gasteiger partial charge on any atom is 0.271 e. The molecule has 0 aliphatic carbocycles. The molecule has 1 atom stereocenters. The van der Waals surface area contributed by atoms with Gasteiger partial charge in [0.2, 0.25) is 5.91 Å². The molecule has 5 nitrogen and oxygen atoms in total. The summed E-state index contributed by atoms with van der Waals surface area (Å²) in [5.41, 5.74) is 3.07. The van der Waals surface area contributed by atoms with E-state index in [0.717, 1.165) is 16.8 Å². The van der Waals surface area contributed by atoms with Crippen molar-refractivity contribution in [2.75, 3.05) is 5.32 Å². The first kappa shape index (κ1) is 20.2. The van der Waals surface area contributed by atoms with Gasteiger partial charge in [-0.1, -0.05) is 41.6 Å². The second-order valence-electron chi connectivity index (χ2n) is 6.47. The number of amides is 1. The van der Waals surface area contributed by atoms with E-state index < -0.39 is 0 Å². The zero-order chi connectivity index (χ0) is 20.3. The van der Waals surface area contributed by atoms with Crippen molar-refractivity contribution < 1.29 is 4.79 Å². The van der Waals surface area contributed by atoms with E-state index in [1.807, 2.05) is 44.2 Å². The Hall–Kier alpha value is -2.57. The summed E-state index contributed by atoms with van der Waals surface area (Å²) in [6, 6.07) is 16.0. The van der Waals surface area contributed by atoms with Crippen LogP contribution in [0.15, 0.2) is 64.4 Å². The van der Waals surface area contributed by atoms with Crippen LogP contribution in [0.1, 0.15) is 18.1 Å². The van der Waals surface area contributed by atoms with Crippen molar-refractivity contribution in [2.24, 2.45) is 0 Å². The van der Waals surface area contributed by atoms with E-state index in [1.165, 1.54) is 22.5 Å². The summed E-state index contributed by atoms with van der Waals surface area (Å²) in [6.45, 7) is 5.66. The summed E-state index contributed by atoms with van der Waals surface area (Å²) < 4.78 is 1.29. The van der Waals surface area contributed by atoms with Gasteiger partial charge in [-0.15, -0.1) is 0 Å². The molecule has 1 N–H and O–H groups in total. The van der Waals surface area contributed by atoms with E-state index in [2.05, 4.69) is 10.4 Å². The van der Waals surface area contributed by atoms with E-state index in [0.29, 0.717) is 15.7 Å². The van der Waals surface area contributed by atoms with Gasteiger partial charge in [-0.2, -0.15) is 9.78 Å². The number of carbonyl (C=O) groups excluding carboxylic acids is 1. The van der Waals surface area contributed by atoms with Crippen molar-refractivity contribution in [3.63, 3.8) is 0 Å². The molecule has 0 fully saturated rings. The molecule has 1 amide bonds. The third-order valence-electron chi connectivity index (χ3n) is 4.13. The van der Waals surface area contributed by atoms with Gasteiger partial charge in [0, 0.05) is 16.8 Å². The molecule has 3 rings (SSSR count). The van der Waals surface area contributed by atoms with Gasteiger partial charge in [0.05, 0.1) is 10.9 Å². The van der Waals surface area contributed by atoms with Gasteiger partial charge in [-0.25, -0.2) is 0 Å². The average molecular weight is 414 g/mol. The molecular weight excluding hydrogens is 394 g/mol. The van der Waals surface area contributed by atoms with Gasteiger partial charge >= 0.3 is 0 Å². The lowest BCUT2D eigenvalue weighted by Gasteiger charge is -2.13. The van der Waals surface area contributed by atoms with Crippen LogP contribution in [-0.4, -0.2) is 20.9 Å². The summed E-state index contributed by atoms with van der Waals surface area (Å²) in [6.07, 6.45) is 0. The second-order valence-corrected chi connectivity index (χ2v) is 8.24. The van der Waals surface area contributed by atoms with Crippen molar-refractivity contribution in [3.8, 4) is 5.69 Å². The van der Waals surface area contributed by atoms with E-state index in [1.54, 1.807) is 25.1 Å². The molecule has 0 aliphatic rings. The van der Waals surface area contributed by atoms with Crippen LogP contribution in [0.25, 0.3) is 5.69 Å². The quantitative estimate of drug-likeness (QED) is 0.620. The number of halogens is 1. The van der Waals surface area contributed by atoms with E-state index in [-0.39, 0.29) is 16.7 Å². The number of benzene rings is 2. The second kappa shape index (κ2) is 8.63. The fraction of sp³-hybridized carbons (Fsp3) is 0.190. The van der Waals surface area contributed by atoms with Gasteiger partial charge in [0.1, 0.15) is 5.03 Å². The number of nitrogens with one attached hydrogen (secondary N) is 1. The number of rotatable bonds is 5. The van der Waals surface area contributed by atoms with E-state index in [9.17, 15) is 9.59 Å². The number of hydrogen-bond donors (Lipinski definition) is 1. The lowest BCUT2D eigenvalue weighted by Crippen LogP contribution is -2.24. The van der Waals surface area contributed by atoms with Crippen LogP contribution in [-0.2, 0) is 4.79 Å². The van der Waals surface area contributed by atoms with Crippen molar-refractivity contribution >= 4 is 35.0 Å². The Labute approximate surface area is 172 Å². The minimum atomic E-state index is -0.388. The van der Waals surface area contributed by atoms with E-state index in [4.69, 9.17) is 11.6 Å². The van der Waals surface area contributed by atoms with Crippen molar-refractivity contribution in [1.29, 1.82) is 0 Å². The molecule has 0 aliphatic heterocycles. The molecule has 0 radical (unpaired) electrons. The Bertz CT molecular complexity index is 1080. The van der Waals surface area contributed by atoms with E-state index >= 15 is 0 Å². The monoisotopic (exact) mass is 413 g/mol. The van der Waals surface area contributed by atoms with Crippen molar-refractivity contribution in [3.05, 3.63) is 81.1 Å². The molecule has 7 heteroatoms. The normalized spacial score (nSPS) is 11.9. The maximum absolute atomic E-state index is 12.5. The summed E-state index contributed by atoms with van der Waals surface area (Å²) in [4.78, 5) is 24.7. The van der Waals surface area contributed by atoms with Crippen LogP contribution in [0.2, 0.25) is 5.02 Å². The highest BCUT2D eigenvalue weighted by Gasteiger charge is 2.16. The zero-order valence-electron chi connectivity index (χ0n) is 15.8. The highest BCUT2D eigenvalue weighted by atomic mass is 35.5. The van der Waals surface area contributed by atoms with Crippen LogP contribution < -0.4 is 10.9 Å². The van der Waals surface area contributed by atoms with Crippen LogP contribution in [0.5, 0.6) is 0 Å². The Morgan fingerprint density at radius 2 is 1.93 bits per heavy atom. The predicted molar refractivity (Wildman–Crippen MR) is 115 cm³/mol. The van der Waals surface area contributed by atoms with Gasteiger partial charge in [-0.05, 0) is 62.2 Å². The Balaban J connectivity index is 1.77. The van der Waals surface area contributed by atoms with Gasteiger partial charge in [0.25, 0.3) is 5.56 Å². The highest BCUT2D eigenvalue weighted by molar-refractivity contribution is 8.00. The minimum absolute atomic E-state index is 0.131. The molecule has 3 aromatic rings. The fourth-order valence-electron chi connectivity index (χ4n) is 2.56. The van der Waals surface area contributed by atoms with Crippen LogP contribution in [0.3, 0.4) is 0 Å². The Morgan fingerprint density at radius 1 is 1.14 bits per heavy atom. The Morgan fingerprint density at radius 3 is 2.64 bits per heavy atom. The topological polar surface area (TPSA) is 64.0 Å². The standard InChI is InChI=1S/C21H20ClN3O2S/c1-13-5-4-6-16(11-13)23-21(27)15(3)28-19-9-10-20(26)25(24-19)17-8-7-14(2)18(22)12-17/h4-12,15H,1-3H3,(H,23,27)/t15-/m0/s1. The number of anilines is 1.